The van der Waals surface area contributed by atoms with E-state index < -0.39 is 5.97 Å². The first-order chi connectivity index (χ1) is 14.2. The highest BCUT2D eigenvalue weighted by Crippen LogP contribution is 2.20. The molecule has 148 valence electrons. The Bertz CT molecular complexity index is 949. The average Bonchev–Trinajstić information content (AvgIpc) is 2.77. The molecule has 0 spiro atoms. The lowest BCUT2D eigenvalue weighted by atomic mass is 10.0. The normalized spacial score (nSPS) is 10.2. The summed E-state index contributed by atoms with van der Waals surface area (Å²) in [5.74, 6) is 0.947. The largest absolute Gasteiger partial charge is 0.493 e. The van der Waals surface area contributed by atoms with Gasteiger partial charge < -0.3 is 14.2 Å². The fraction of sp³-hybridized carbons (Fsp3) is 0.167. The number of benzene rings is 3. The van der Waals surface area contributed by atoms with E-state index in [1.807, 2.05) is 31.2 Å². The van der Waals surface area contributed by atoms with Crippen LogP contribution in [-0.2, 0) is 4.79 Å². The maximum absolute atomic E-state index is 12.4. The van der Waals surface area contributed by atoms with E-state index in [4.69, 9.17) is 14.2 Å². The SMILES string of the molecule is CCCOc1cccc(OCC(=O)Oc2ccc(C(=O)c3ccccc3)cc2)c1. The zero-order valence-electron chi connectivity index (χ0n) is 16.2. The minimum absolute atomic E-state index is 0.0861. The molecule has 3 aromatic rings. The molecule has 0 bridgehead atoms. The third-order valence-corrected chi connectivity index (χ3v) is 4.02. The van der Waals surface area contributed by atoms with Crippen molar-refractivity contribution in [1.29, 1.82) is 0 Å². The first-order valence-corrected chi connectivity index (χ1v) is 9.42. The Kier molecular flexibility index (Phi) is 7.00. The second-order valence-corrected chi connectivity index (χ2v) is 6.31. The van der Waals surface area contributed by atoms with Gasteiger partial charge in [0.25, 0.3) is 0 Å². The Balaban J connectivity index is 1.52. The topological polar surface area (TPSA) is 61.8 Å². The number of esters is 1. The second-order valence-electron chi connectivity index (χ2n) is 6.31. The zero-order chi connectivity index (χ0) is 20.5. The Hall–Kier alpha value is -3.60. The van der Waals surface area contributed by atoms with Gasteiger partial charge in [0, 0.05) is 17.2 Å². The predicted molar refractivity (Wildman–Crippen MR) is 110 cm³/mol. The van der Waals surface area contributed by atoms with Crippen LogP contribution in [0, 0.1) is 0 Å². The Morgan fingerprint density at radius 2 is 1.38 bits per heavy atom. The van der Waals surface area contributed by atoms with Crippen molar-refractivity contribution in [2.75, 3.05) is 13.2 Å². The second kappa shape index (κ2) is 10.1. The highest BCUT2D eigenvalue weighted by atomic mass is 16.6. The fourth-order valence-electron chi connectivity index (χ4n) is 2.61. The minimum Gasteiger partial charge on any atom is -0.493 e. The van der Waals surface area contributed by atoms with Gasteiger partial charge in [-0.05, 0) is 42.8 Å². The zero-order valence-corrected chi connectivity index (χ0v) is 16.2. The summed E-state index contributed by atoms with van der Waals surface area (Å²) in [6.45, 7) is 2.41. The van der Waals surface area contributed by atoms with Crippen LogP contribution < -0.4 is 14.2 Å². The summed E-state index contributed by atoms with van der Waals surface area (Å²) in [4.78, 5) is 24.4. The molecule has 0 heterocycles. The van der Waals surface area contributed by atoms with E-state index in [1.54, 1.807) is 54.6 Å². The van der Waals surface area contributed by atoms with Crippen molar-refractivity contribution in [3.8, 4) is 17.2 Å². The van der Waals surface area contributed by atoms with Gasteiger partial charge in [0.2, 0.25) is 0 Å². The van der Waals surface area contributed by atoms with E-state index in [9.17, 15) is 9.59 Å². The molecule has 0 fully saturated rings. The third kappa shape index (κ3) is 5.94. The molecule has 0 amide bonds. The number of hydrogen-bond donors (Lipinski definition) is 0. The molecule has 5 nitrogen and oxygen atoms in total. The van der Waals surface area contributed by atoms with Crippen molar-refractivity contribution in [2.45, 2.75) is 13.3 Å². The molecular weight excluding hydrogens is 368 g/mol. The van der Waals surface area contributed by atoms with Gasteiger partial charge in [0.1, 0.15) is 17.2 Å². The predicted octanol–water partition coefficient (Wildman–Crippen LogP) is 4.69. The number of ketones is 1. The summed E-state index contributed by atoms with van der Waals surface area (Å²) in [5, 5.41) is 0. The van der Waals surface area contributed by atoms with Crippen LogP contribution in [-0.4, -0.2) is 25.0 Å². The molecule has 29 heavy (non-hydrogen) atoms. The number of carbonyl (C=O) groups is 2. The van der Waals surface area contributed by atoms with Crippen molar-refractivity contribution in [2.24, 2.45) is 0 Å². The lowest BCUT2D eigenvalue weighted by molar-refractivity contribution is -0.136. The summed E-state index contributed by atoms with van der Waals surface area (Å²) in [6.07, 6.45) is 0.910. The molecule has 0 saturated heterocycles. The summed E-state index contributed by atoms with van der Waals surface area (Å²) >= 11 is 0. The van der Waals surface area contributed by atoms with Gasteiger partial charge in [-0.25, -0.2) is 4.79 Å². The quantitative estimate of drug-likeness (QED) is 0.301. The van der Waals surface area contributed by atoms with E-state index in [0.29, 0.717) is 35.0 Å². The molecule has 0 aliphatic rings. The van der Waals surface area contributed by atoms with Crippen LogP contribution in [0.3, 0.4) is 0 Å². The molecule has 0 aliphatic carbocycles. The molecule has 0 aromatic heterocycles. The molecule has 0 unspecified atom stereocenters. The maximum Gasteiger partial charge on any atom is 0.349 e. The molecule has 0 saturated carbocycles. The van der Waals surface area contributed by atoms with E-state index >= 15 is 0 Å². The van der Waals surface area contributed by atoms with Crippen molar-refractivity contribution in [1.82, 2.24) is 0 Å². The average molecular weight is 390 g/mol. The monoisotopic (exact) mass is 390 g/mol. The first kappa shape index (κ1) is 20.1. The standard InChI is InChI=1S/C24H22O5/c1-2-15-27-21-9-6-10-22(16-21)28-17-23(25)29-20-13-11-19(12-14-20)24(26)18-7-4-3-5-8-18/h3-14,16H,2,15,17H2,1H3. The lowest BCUT2D eigenvalue weighted by Crippen LogP contribution is -2.17. The van der Waals surface area contributed by atoms with E-state index in [-0.39, 0.29) is 12.4 Å². The first-order valence-electron chi connectivity index (χ1n) is 9.42. The molecular formula is C24H22O5. The summed E-state index contributed by atoms with van der Waals surface area (Å²) in [7, 11) is 0. The van der Waals surface area contributed by atoms with Crippen molar-refractivity contribution >= 4 is 11.8 Å². The van der Waals surface area contributed by atoms with E-state index in [1.165, 1.54) is 0 Å². The summed E-state index contributed by atoms with van der Waals surface area (Å²) in [5.41, 5.74) is 1.13. The van der Waals surface area contributed by atoms with Crippen LogP contribution in [0.5, 0.6) is 17.2 Å². The number of hydrogen-bond acceptors (Lipinski definition) is 5. The molecule has 0 atom stereocenters. The lowest BCUT2D eigenvalue weighted by Gasteiger charge is -2.09. The van der Waals surface area contributed by atoms with Gasteiger partial charge in [-0.3, -0.25) is 4.79 Å². The van der Waals surface area contributed by atoms with Crippen LogP contribution in [0.4, 0.5) is 0 Å². The molecule has 3 aromatic carbocycles. The Morgan fingerprint density at radius 1 is 0.724 bits per heavy atom. The van der Waals surface area contributed by atoms with Crippen LogP contribution in [0.25, 0.3) is 0 Å². The van der Waals surface area contributed by atoms with Gasteiger partial charge in [-0.15, -0.1) is 0 Å². The smallest absolute Gasteiger partial charge is 0.349 e. The van der Waals surface area contributed by atoms with Gasteiger partial charge in [0.15, 0.2) is 12.4 Å². The van der Waals surface area contributed by atoms with Crippen LogP contribution in [0.15, 0.2) is 78.9 Å². The third-order valence-electron chi connectivity index (χ3n) is 4.02. The molecule has 5 heteroatoms. The highest BCUT2D eigenvalue weighted by molar-refractivity contribution is 6.09. The number of ether oxygens (including phenoxy) is 3. The Labute approximate surface area is 169 Å². The van der Waals surface area contributed by atoms with E-state index in [0.717, 1.165) is 6.42 Å². The van der Waals surface area contributed by atoms with Gasteiger partial charge >= 0.3 is 5.97 Å². The van der Waals surface area contributed by atoms with E-state index in [2.05, 4.69) is 0 Å². The van der Waals surface area contributed by atoms with Crippen molar-refractivity contribution < 1.29 is 23.8 Å². The van der Waals surface area contributed by atoms with Crippen LogP contribution >= 0.6 is 0 Å². The van der Waals surface area contributed by atoms with Crippen LogP contribution in [0.2, 0.25) is 0 Å². The Morgan fingerprint density at radius 3 is 2.07 bits per heavy atom. The van der Waals surface area contributed by atoms with Crippen molar-refractivity contribution in [3.63, 3.8) is 0 Å². The fourth-order valence-corrected chi connectivity index (χ4v) is 2.61. The molecule has 3 rings (SSSR count). The molecule has 0 N–H and O–H groups in total. The van der Waals surface area contributed by atoms with Gasteiger partial charge in [-0.2, -0.15) is 0 Å². The van der Waals surface area contributed by atoms with Gasteiger partial charge in [-0.1, -0.05) is 43.3 Å². The number of carbonyl (C=O) groups excluding carboxylic acids is 2. The maximum atomic E-state index is 12.4. The molecule has 0 radical (unpaired) electrons. The minimum atomic E-state index is -0.535. The van der Waals surface area contributed by atoms with Crippen LogP contribution in [0.1, 0.15) is 29.3 Å². The molecule has 0 aliphatic heterocycles. The van der Waals surface area contributed by atoms with Gasteiger partial charge in [0.05, 0.1) is 6.61 Å². The number of rotatable bonds is 9. The summed E-state index contributed by atoms with van der Waals surface area (Å²) < 4.78 is 16.3. The highest BCUT2D eigenvalue weighted by Gasteiger charge is 2.10. The summed E-state index contributed by atoms with van der Waals surface area (Å²) in [6, 6.07) is 22.6. The van der Waals surface area contributed by atoms with Crippen molar-refractivity contribution in [3.05, 3.63) is 90.0 Å².